The summed E-state index contributed by atoms with van der Waals surface area (Å²) < 4.78 is 2.39. The van der Waals surface area contributed by atoms with Gasteiger partial charge >= 0.3 is 0 Å². The molecule has 0 fully saturated rings. The average Bonchev–Trinajstić information content (AvgIpc) is 3.80. The largest absolute Gasteiger partial charge is 0.310 e. The Morgan fingerprint density at radius 1 is 0.344 bits per heavy atom. The number of benzene rings is 10. The van der Waals surface area contributed by atoms with Gasteiger partial charge in [0.25, 0.3) is 0 Å². The highest BCUT2D eigenvalue weighted by Gasteiger charge is 2.36. The molecule has 0 amide bonds. The van der Waals surface area contributed by atoms with Gasteiger partial charge in [-0.15, -0.1) is 0 Å². The zero-order chi connectivity index (χ0) is 42.8. The second-order valence-electron chi connectivity index (χ2n) is 17.4. The minimum atomic E-state index is -0.149. The molecule has 304 valence electrons. The van der Waals surface area contributed by atoms with E-state index in [4.69, 9.17) is 0 Å². The summed E-state index contributed by atoms with van der Waals surface area (Å²) >= 11 is 0. The minimum absolute atomic E-state index is 0.149. The molecule has 3 heteroatoms. The van der Waals surface area contributed by atoms with Crippen LogP contribution in [0.1, 0.15) is 25.0 Å². The minimum Gasteiger partial charge on any atom is -0.310 e. The van der Waals surface area contributed by atoms with Crippen molar-refractivity contribution in [1.29, 1.82) is 0 Å². The summed E-state index contributed by atoms with van der Waals surface area (Å²) in [5.41, 5.74) is 17.5. The third-order valence-corrected chi connectivity index (χ3v) is 13.3. The highest BCUT2D eigenvalue weighted by Crippen LogP contribution is 2.51. The fourth-order valence-electron chi connectivity index (χ4n) is 10.3. The molecule has 0 saturated carbocycles. The quantitative estimate of drug-likeness (QED) is 0.151. The fraction of sp³-hybridized carbons (Fsp3) is 0.0492. The lowest BCUT2D eigenvalue weighted by Crippen LogP contribution is -2.17. The van der Waals surface area contributed by atoms with E-state index < -0.39 is 0 Å². The van der Waals surface area contributed by atoms with E-state index in [0.717, 1.165) is 50.9 Å². The van der Waals surface area contributed by atoms with Crippen molar-refractivity contribution in [2.24, 2.45) is 0 Å². The zero-order valence-corrected chi connectivity index (χ0v) is 35.9. The van der Waals surface area contributed by atoms with Crippen molar-refractivity contribution in [3.8, 4) is 27.9 Å². The summed E-state index contributed by atoms with van der Waals surface area (Å²) in [5, 5.41) is 4.84. The summed E-state index contributed by atoms with van der Waals surface area (Å²) in [4.78, 5) is 4.87. The van der Waals surface area contributed by atoms with E-state index in [1.54, 1.807) is 0 Å². The van der Waals surface area contributed by atoms with E-state index >= 15 is 0 Å². The summed E-state index contributed by atoms with van der Waals surface area (Å²) in [7, 11) is 0. The van der Waals surface area contributed by atoms with Crippen LogP contribution in [0.3, 0.4) is 0 Å². The number of fused-ring (bicyclic) bond motifs is 7. The Bertz CT molecular complexity index is 3530. The molecule has 1 aromatic heterocycles. The molecule has 0 unspecified atom stereocenters. The van der Waals surface area contributed by atoms with Crippen molar-refractivity contribution < 1.29 is 0 Å². The predicted octanol–water partition coefficient (Wildman–Crippen LogP) is 16.8. The fourth-order valence-corrected chi connectivity index (χ4v) is 10.3. The van der Waals surface area contributed by atoms with Crippen LogP contribution in [0, 0.1) is 0 Å². The molecule has 11 aromatic rings. The van der Waals surface area contributed by atoms with Gasteiger partial charge in [-0.3, -0.25) is 0 Å². The van der Waals surface area contributed by atoms with Crippen molar-refractivity contribution in [2.45, 2.75) is 19.3 Å². The molecule has 0 atom stereocenters. The second-order valence-corrected chi connectivity index (χ2v) is 17.4. The maximum Gasteiger partial charge on any atom is 0.0541 e. The number of nitrogens with zero attached hydrogens (tertiary/aromatic N) is 3. The van der Waals surface area contributed by atoms with Gasteiger partial charge in [0, 0.05) is 55.7 Å². The molecule has 1 aliphatic rings. The highest BCUT2D eigenvalue weighted by molar-refractivity contribution is 6.11. The predicted molar refractivity (Wildman–Crippen MR) is 271 cm³/mol. The highest BCUT2D eigenvalue weighted by atomic mass is 15.2. The summed E-state index contributed by atoms with van der Waals surface area (Å²) in [6, 6.07) is 86.5. The number of rotatable bonds is 8. The van der Waals surface area contributed by atoms with E-state index in [-0.39, 0.29) is 5.41 Å². The Morgan fingerprint density at radius 3 is 1.72 bits per heavy atom. The van der Waals surface area contributed by atoms with Crippen LogP contribution in [-0.4, -0.2) is 4.57 Å². The lowest BCUT2D eigenvalue weighted by atomic mass is 9.82. The van der Waals surface area contributed by atoms with Crippen LogP contribution in [0.2, 0.25) is 0 Å². The Balaban J connectivity index is 1.13. The van der Waals surface area contributed by atoms with Crippen LogP contribution in [0.25, 0.3) is 60.5 Å². The van der Waals surface area contributed by atoms with Gasteiger partial charge in [0.2, 0.25) is 0 Å². The Labute approximate surface area is 374 Å². The van der Waals surface area contributed by atoms with Crippen LogP contribution in [0.15, 0.2) is 237 Å². The second kappa shape index (κ2) is 15.0. The third kappa shape index (κ3) is 6.12. The SMILES string of the molecule is CC1(C)c2ccccc2-c2ccc(N(c3ccccc3)c3cc(-c4ccc5c(c4)c4ccccc4n5-c4ccccc4)cc(N(c4ccccc4)c4cccc5ccccc45)c3)cc21. The van der Waals surface area contributed by atoms with Gasteiger partial charge in [-0.25, -0.2) is 0 Å². The Kier molecular flexibility index (Phi) is 8.84. The van der Waals surface area contributed by atoms with Crippen molar-refractivity contribution >= 4 is 66.7 Å². The molecule has 1 aliphatic carbocycles. The standard InChI is InChI=1S/C61H45N3/c1-61(2)56-30-16-14-28-52(56)53-35-34-48(41-57(53)61)62(45-21-6-3-7-22-45)49-37-44(43-33-36-60-55(39-43)54-29-15-17-31-59(54)64(60)47-25-10-5-11-26-47)38-50(40-49)63(46-23-8-4-9-24-46)58-32-18-20-42-19-12-13-27-51(42)58/h3-41H,1-2H3. The van der Waals surface area contributed by atoms with E-state index in [2.05, 4.69) is 265 Å². The van der Waals surface area contributed by atoms with E-state index in [0.29, 0.717) is 0 Å². The van der Waals surface area contributed by atoms with E-state index in [1.807, 2.05) is 0 Å². The maximum atomic E-state index is 2.44. The molecule has 3 nitrogen and oxygen atoms in total. The molecule has 10 aromatic carbocycles. The van der Waals surface area contributed by atoms with Crippen LogP contribution >= 0.6 is 0 Å². The summed E-state index contributed by atoms with van der Waals surface area (Å²) in [6.45, 7) is 4.72. The molecule has 0 N–H and O–H groups in total. The number of hydrogen-bond donors (Lipinski definition) is 0. The van der Waals surface area contributed by atoms with Gasteiger partial charge < -0.3 is 14.4 Å². The van der Waals surface area contributed by atoms with Crippen LogP contribution in [-0.2, 0) is 5.41 Å². The molecular weight excluding hydrogens is 775 g/mol. The topological polar surface area (TPSA) is 11.4 Å². The number of anilines is 6. The monoisotopic (exact) mass is 819 g/mol. The van der Waals surface area contributed by atoms with Gasteiger partial charge in [-0.2, -0.15) is 0 Å². The number of hydrogen-bond acceptors (Lipinski definition) is 2. The van der Waals surface area contributed by atoms with Crippen molar-refractivity contribution in [3.63, 3.8) is 0 Å². The molecule has 1 heterocycles. The van der Waals surface area contributed by atoms with Crippen molar-refractivity contribution in [1.82, 2.24) is 4.57 Å². The first-order valence-corrected chi connectivity index (χ1v) is 22.2. The van der Waals surface area contributed by atoms with Gasteiger partial charge in [-0.05, 0) is 130 Å². The lowest BCUT2D eigenvalue weighted by molar-refractivity contribution is 0.660. The van der Waals surface area contributed by atoms with Crippen LogP contribution in [0.4, 0.5) is 34.1 Å². The van der Waals surface area contributed by atoms with E-state index in [1.165, 1.54) is 54.8 Å². The van der Waals surface area contributed by atoms with Crippen molar-refractivity contribution in [3.05, 3.63) is 248 Å². The van der Waals surface area contributed by atoms with Gasteiger partial charge in [0.1, 0.15) is 0 Å². The van der Waals surface area contributed by atoms with Crippen LogP contribution < -0.4 is 9.80 Å². The summed E-state index contributed by atoms with van der Waals surface area (Å²) in [5.74, 6) is 0. The lowest BCUT2D eigenvalue weighted by Gasteiger charge is -2.31. The first-order chi connectivity index (χ1) is 31.5. The smallest absolute Gasteiger partial charge is 0.0541 e. The molecule has 0 spiro atoms. The molecule has 64 heavy (non-hydrogen) atoms. The first-order valence-electron chi connectivity index (χ1n) is 22.2. The summed E-state index contributed by atoms with van der Waals surface area (Å²) in [6.07, 6.45) is 0. The van der Waals surface area contributed by atoms with Crippen molar-refractivity contribution in [2.75, 3.05) is 9.80 Å². The normalized spacial score (nSPS) is 12.7. The molecule has 12 rings (SSSR count). The maximum absolute atomic E-state index is 2.44. The number of para-hydroxylation sites is 4. The first kappa shape index (κ1) is 37.6. The molecule has 0 bridgehead atoms. The van der Waals surface area contributed by atoms with Gasteiger partial charge in [0.15, 0.2) is 0 Å². The van der Waals surface area contributed by atoms with Crippen LogP contribution in [0.5, 0.6) is 0 Å². The number of aromatic nitrogens is 1. The van der Waals surface area contributed by atoms with Gasteiger partial charge in [-0.1, -0.05) is 159 Å². The Hall–Kier alpha value is -8.14. The zero-order valence-electron chi connectivity index (χ0n) is 35.9. The Morgan fingerprint density at radius 2 is 0.938 bits per heavy atom. The molecular formula is C61H45N3. The molecule has 0 radical (unpaired) electrons. The molecule has 0 aliphatic heterocycles. The molecule has 0 saturated heterocycles. The van der Waals surface area contributed by atoms with Gasteiger partial charge in [0.05, 0.1) is 16.7 Å². The van der Waals surface area contributed by atoms with E-state index in [9.17, 15) is 0 Å². The third-order valence-electron chi connectivity index (χ3n) is 13.3. The average molecular weight is 820 g/mol.